The van der Waals surface area contributed by atoms with Crippen molar-refractivity contribution in [2.75, 3.05) is 13.7 Å². The number of hydrogen-bond acceptors (Lipinski definition) is 7. The van der Waals surface area contributed by atoms with Crippen LogP contribution in [0.25, 0.3) is 0 Å². The molecule has 3 aromatic rings. The van der Waals surface area contributed by atoms with E-state index in [0.29, 0.717) is 13.0 Å². The van der Waals surface area contributed by atoms with Gasteiger partial charge in [-0.3, -0.25) is 9.58 Å². The third-order valence-electron chi connectivity index (χ3n) is 5.56. The summed E-state index contributed by atoms with van der Waals surface area (Å²) in [6, 6.07) is 9.28. The van der Waals surface area contributed by atoms with E-state index in [9.17, 15) is 13.2 Å². The fourth-order valence-electron chi connectivity index (χ4n) is 3.95. The van der Waals surface area contributed by atoms with Crippen LogP contribution in [0.4, 0.5) is 0 Å². The minimum absolute atomic E-state index is 0.0321. The minimum Gasteiger partial charge on any atom is -0.465 e. The highest BCUT2D eigenvalue weighted by molar-refractivity contribution is 7.91. The normalized spacial score (nSPS) is 14.3. The van der Waals surface area contributed by atoms with Crippen LogP contribution in [0.5, 0.6) is 0 Å². The molecule has 8 nitrogen and oxygen atoms in total. The molecule has 0 saturated heterocycles. The van der Waals surface area contributed by atoms with Crippen LogP contribution in [0.1, 0.15) is 37.6 Å². The number of benzene rings is 1. The van der Waals surface area contributed by atoms with E-state index >= 15 is 0 Å². The molecule has 0 saturated carbocycles. The molecule has 0 atom stereocenters. The summed E-state index contributed by atoms with van der Waals surface area (Å²) >= 11 is 1.16. The smallest absolute Gasteiger partial charge is 0.340 e. The Hall–Kier alpha value is -2.53. The second kappa shape index (κ2) is 9.14. The first-order valence-corrected chi connectivity index (χ1v) is 12.6. The molecule has 10 heteroatoms. The summed E-state index contributed by atoms with van der Waals surface area (Å²) in [6.07, 6.45) is 2.59. The summed E-state index contributed by atoms with van der Waals surface area (Å²) in [5.74, 6) is -0.612. The molecular weight excluding hydrogens is 448 g/mol. The predicted molar refractivity (Wildman–Crippen MR) is 122 cm³/mol. The van der Waals surface area contributed by atoms with Crippen LogP contribution in [0, 0.1) is 6.92 Å². The van der Waals surface area contributed by atoms with Gasteiger partial charge in [-0.05, 0) is 24.5 Å². The van der Waals surface area contributed by atoms with Crippen molar-refractivity contribution in [3.63, 3.8) is 0 Å². The maximum Gasteiger partial charge on any atom is 0.340 e. The molecule has 2 aromatic heterocycles. The molecule has 1 aliphatic rings. The molecule has 1 aliphatic heterocycles. The number of methoxy groups -OCH3 is 1. The van der Waals surface area contributed by atoms with Crippen molar-refractivity contribution in [1.29, 1.82) is 0 Å². The Kier molecular flexibility index (Phi) is 6.47. The zero-order chi connectivity index (χ0) is 22.9. The van der Waals surface area contributed by atoms with Gasteiger partial charge < -0.3 is 4.74 Å². The molecule has 0 radical (unpaired) electrons. The molecule has 0 unspecified atom stereocenters. The lowest BCUT2D eigenvalue weighted by Gasteiger charge is -2.26. The zero-order valence-corrected chi connectivity index (χ0v) is 19.9. The van der Waals surface area contributed by atoms with E-state index in [1.165, 1.54) is 7.11 Å². The van der Waals surface area contributed by atoms with Gasteiger partial charge in [-0.1, -0.05) is 30.3 Å². The summed E-state index contributed by atoms with van der Waals surface area (Å²) in [6.45, 7) is 4.15. The molecule has 0 spiro atoms. The van der Waals surface area contributed by atoms with Crippen molar-refractivity contribution >= 4 is 27.3 Å². The molecule has 3 heterocycles. The number of nitrogens with zero attached hydrogens (tertiary/aromatic N) is 3. The van der Waals surface area contributed by atoms with Crippen molar-refractivity contribution in [3.8, 4) is 0 Å². The third kappa shape index (κ3) is 4.63. The number of fused-ring (bicyclic) bond motifs is 1. The van der Waals surface area contributed by atoms with Crippen LogP contribution in [0.3, 0.4) is 0 Å². The quantitative estimate of drug-likeness (QED) is 0.529. The van der Waals surface area contributed by atoms with Crippen molar-refractivity contribution in [2.45, 2.75) is 37.2 Å². The van der Waals surface area contributed by atoms with E-state index in [1.807, 2.05) is 50.5 Å². The highest BCUT2D eigenvalue weighted by Crippen LogP contribution is 2.37. The summed E-state index contributed by atoms with van der Waals surface area (Å²) < 4.78 is 35.7. The van der Waals surface area contributed by atoms with Gasteiger partial charge in [0.1, 0.15) is 4.21 Å². The molecule has 4 rings (SSSR count). The number of thiophene rings is 1. The summed E-state index contributed by atoms with van der Waals surface area (Å²) in [4.78, 5) is 15.7. The molecule has 1 N–H and O–H groups in total. The molecule has 0 bridgehead atoms. The fourth-order valence-corrected chi connectivity index (χ4v) is 6.94. The number of ether oxygens (including phenoxy) is 1. The molecular formula is C22H26N4O4S2. The van der Waals surface area contributed by atoms with Gasteiger partial charge in [0.05, 0.1) is 18.4 Å². The second-order valence-corrected chi connectivity index (χ2v) is 10.9. The van der Waals surface area contributed by atoms with E-state index in [0.717, 1.165) is 51.7 Å². The van der Waals surface area contributed by atoms with Gasteiger partial charge in [-0.2, -0.15) is 5.10 Å². The Morgan fingerprint density at radius 1 is 1.28 bits per heavy atom. The van der Waals surface area contributed by atoms with E-state index < -0.39 is 16.0 Å². The van der Waals surface area contributed by atoms with Gasteiger partial charge in [0.25, 0.3) is 10.0 Å². The van der Waals surface area contributed by atoms with Crippen molar-refractivity contribution in [2.24, 2.45) is 7.05 Å². The van der Waals surface area contributed by atoms with Gasteiger partial charge in [0.15, 0.2) is 0 Å². The number of carbonyl (C=O) groups excluding carboxylic acids is 1. The van der Waals surface area contributed by atoms with E-state index in [2.05, 4.69) is 14.7 Å². The van der Waals surface area contributed by atoms with Gasteiger partial charge in [0, 0.05) is 49.9 Å². The predicted octanol–water partition coefficient (Wildman–Crippen LogP) is 2.61. The van der Waals surface area contributed by atoms with Gasteiger partial charge in [-0.25, -0.2) is 17.9 Å². The summed E-state index contributed by atoms with van der Waals surface area (Å²) in [5.41, 5.74) is 3.91. The average molecular weight is 475 g/mol. The number of sulfonamides is 1. The fraction of sp³-hybridized carbons (Fsp3) is 0.364. The first-order valence-electron chi connectivity index (χ1n) is 10.3. The molecule has 1 aromatic carbocycles. The van der Waals surface area contributed by atoms with Crippen LogP contribution in [0.15, 0.2) is 40.7 Å². The Morgan fingerprint density at radius 2 is 2.03 bits per heavy atom. The summed E-state index contributed by atoms with van der Waals surface area (Å²) in [7, 11) is -0.709. The Bertz CT molecular complexity index is 1230. The van der Waals surface area contributed by atoms with Crippen LogP contribution in [-0.2, 0) is 47.9 Å². The highest BCUT2D eigenvalue weighted by Gasteiger charge is 2.34. The first-order chi connectivity index (χ1) is 15.3. The number of nitrogens with one attached hydrogen (secondary N) is 1. The standard InChI is InChI=1S/C22H26N4O4S2/c1-15-17(12-25(2)24-15)13-26-10-9-18-19(14-26)31-22(20(18)21(27)30-3)32(28,29)23-11-16-7-5-4-6-8-16/h4-8,12,23H,9-11,13-14H2,1-3H3. The molecule has 170 valence electrons. The minimum atomic E-state index is -3.88. The number of esters is 1. The summed E-state index contributed by atoms with van der Waals surface area (Å²) in [5, 5.41) is 4.39. The van der Waals surface area contributed by atoms with Gasteiger partial charge in [-0.15, -0.1) is 11.3 Å². The lowest BCUT2D eigenvalue weighted by atomic mass is 10.0. The molecule has 32 heavy (non-hydrogen) atoms. The molecule has 0 amide bonds. The topological polar surface area (TPSA) is 93.5 Å². The Balaban J connectivity index is 1.61. The van der Waals surface area contributed by atoms with Crippen molar-refractivity contribution < 1.29 is 17.9 Å². The first kappa shape index (κ1) is 22.7. The molecule has 0 fully saturated rings. The number of aryl methyl sites for hydroxylation is 2. The maximum absolute atomic E-state index is 13.2. The van der Waals surface area contributed by atoms with Crippen LogP contribution < -0.4 is 4.72 Å². The number of rotatable bonds is 7. The number of hydrogen-bond donors (Lipinski definition) is 1. The van der Waals surface area contributed by atoms with Crippen molar-refractivity contribution in [1.82, 2.24) is 19.4 Å². The monoisotopic (exact) mass is 474 g/mol. The van der Waals surface area contributed by atoms with Gasteiger partial charge in [0.2, 0.25) is 0 Å². The van der Waals surface area contributed by atoms with E-state index in [4.69, 9.17) is 4.74 Å². The van der Waals surface area contributed by atoms with E-state index in [-0.39, 0.29) is 16.3 Å². The lowest BCUT2D eigenvalue weighted by molar-refractivity contribution is 0.0595. The Morgan fingerprint density at radius 3 is 2.69 bits per heavy atom. The van der Waals surface area contributed by atoms with Gasteiger partial charge >= 0.3 is 5.97 Å². The number of carbonyl (C=O) groups is 1. The lowest BCUT2D eigenvalue weighted by Crippen LogP contribution is -2.30. The van der Waals surface area contributed by atoms with Crippen LogP contribution >= 0.6 is 11.3 Å². The highest BCUT2D eigenvalue weighted by atomic mass is 32.2. The van der Waals surface area contributed by atoms with Crippen LogP contribution in [0.2, 0.25) is 0 Å². The van der Waals surface area contributed by atoms with E-state index in [1.54, 1.807) is 4.68 Å². The van der Waals surface area contributed by atoms with Crippen molar-refractivity contribution in [3.05, 3.63) is 69.4 Å². The Labute approximate surface area is 191 Å². The maximum atomic E-state index is 13.2. The SMILES string of the molecule is COC(=O)c1c(S(=O)(=O)NCc2ccccc2)sc2c1CCN(Cc1cn(C)nc1C)C2. The third-order valence-corrected chi connectivity index (χ3v) is 8.69. The average Bonchev–Trinajstić information content (AvgIpc) is 3.32. The van der Waals surface area contributed by atoms with Crippen LogP contribution in [-0.4, -0.2) is 42.7 Å². The second-order valence-electron chi connectivity index (χ2n) is 7.84. The largest absolute Gasteiger partial charge is 0.465 e. The number of aromatic nitrogens is 2. The molecule has 0 aliphatic carbocycles. The zero-order valence-electron chi connectivity index (χ0n) is 18.3.